The Bertz CT molecular complexity index is 552. The topological polar surface area (TPSA) is 62.3 Å². The van der Waals surface area contributed by atoms with Crippen molar-refractivity contribution in [2.75, 3.05) is 4.90 Å². The molecule has 0 aliphatic carbocycles. The van der Waals surface area contributed by atoms with Gasteiger partial charge in [-0.25, -0.2) is 0 Å². The van der Waals surface area contributed by atoms with Crippen molar-refractivity contribution in [3.05, 3.63) is 24.0 Å². The van der Waals surface area contributed by atoms with Gasteiger partial charge in [-0.1, -0.05) is 13.8 Å². The van der Waals surface area contributed by atoms with Crippen molar-refractivity contribution in [1.29, 1.82) is 0 Å². The number of rotatable bonds is 2. The van der Waals surface area contributed by atoms with Crippen LogP contribution in [0, 0.1) is 12.8 Å². The minimum Gasteiger partial charge on any atom is -0.340 e. The second-order valence-electron chi connectivity index (χ2n) is 6.20. The van der Waals surface area contributed by atoms with Crippen molar-refractivity contribution < 1.29 is 9.59 Å². The van der Waals surface area contributed by atoms with Crippen LogP contribution in [0.5, 0.6) is 0 Å². The molecule has 2 heterocycles. The summed E-state index contributed by atoms with van der Waals surface area (Å²) in [5.74, 6) is -0.204. The Morgan fingerprint density at radius 2 is 1.95 bits per heavy atom. The molecule has 0 saturated carbocycles. The van der Waals surface area contributed by atoms with E-state index in [0.29, 0.717) is 5.69 Å². The summed E-state index contributed by atoms with van der Waals surface area (Å²) in [6, 6.07) is 1.38. The first-order chi connectivity index (χ1) is 9.24. The molecule has 108 valence electrons. The molecule has 2 amide bonds. The molecule has 5 heteroatoms. The molecule has 0 bridgehead atoms. The molecule has 1 aliphatic rings. The van der Waals surface area contributed by atoms with Gasteiger partial charge in [0, 0.05) is 6.20 Å². The van der Waals surface area contributed by atoms with Gasteiger partial charge in [0.1, 0.15) is 11.6 Å². The minimum atomic E-state index is -0.897. The Hall–Kier alpha value is -1.91. The molecule has 2 rings (SSSR count). The molecule has 1 aromatic heterocycles. The van der Waals surface area contributed by atoms with E-state index in [4.69, 9.17) is 0 Å². The largest absolute Gasteiger partial charge is 0.340 e. The molecular weight excluding hydrogens is 254 g/mol. The number of aryl methyl sites for hydroxylation is 1. The molecule has 0 aromatic carbocycles. The molecule has 0 radical (unpaired) electrons. The molecular formula is C15H21N3O2. The van der Waals surface area contributed by atoms with Gasteiger partial charge >= 0.3 is 0 Å². The first-order valence-corrected chi connectivity index (χ1v) is 6.81. The highest BCUT2D eigenvalue weighted by molar-refractivity contribution is 6.10. The number of piperazine rings is 1. The summed E-state index contributed by atoms with van der Waals surface area (Å²) in [5, 5.41) is 2.80. The zero-order valence-corrected chi connectivity index (χ0v) is 12.6. The number of nitrogens with one attached hydrogen (secondary N) is 1. The van der Waals surface area contributed by atoms with Gasteiger partial charge in [0.05, 0.1) is 11.9 Å². The van der Waals surface area contributed by atoms with Crippen LogP contribution in [-0.4, -0.2) is 28.4 Å². The predicted octanol–water partition coefficient (Wildman–Crippen LogP) is 1.66. The first-order valence-electron chi connectivity index (χ1n) is 6.81. The lowest BCUT2D eigenvalue weighted by Crippen LogP contribution is -2.69. The zero-order chi connectivity index (χ0) is 15.1. The van der Waals surface area contributed by atoms with Crippen LogP contribution in [0.3, 0.4) is 0 Å². The highest BCUT2D eigenvalue weighted by Gasteiger charge is 2.47. The molecule has 1 aliphatic heterocycles. The molecule has 1 N–H and O–H groups in total. The Balaban J connectivity index is 2.53. The average Bonchev–Trinajstić information content (AvgIpc) is 2.32. The number of amides is 2. The summed E-state index contributed by atoms with van der Waals surface area (Å²) in [6.07, 6.45) is 3.36. The maximum Gasteiger partial charge on any atom is 0.252 e. The summed E-state index contributed by atoms with van der Waals surface area (Å²) in [5.41, 5.74) is 0.741. The number of hydrogen-bond donors (Lipinski definition) is 1. The number of anilines is 1. The highest BCUT2D eigenvalue weighted by Crippen LogP contribution is 2.28. The Labute approximate surface area is 119 Å². The van der Waals surface area contributed by atoms with E-state index in [-0.39, 0.29) is 17.7 Å². The van der Waals surface area contributed by atoms with Gasteiger partial charge in [-0.05, 0) is 38.3 Å². The van der Waals surface area contributed by atoms with E-state index in [9.17, 15) is 9.59 Å². The van der Waals surface area contributed by atoms with Crippen molar-refractivity contribution in [3.63, 3.8) is 0 Å². The number of aromatic nitrogens is 1. The first kappa shape index (κ1) is 14.5. The quantitative estimate of drug-likeness (QED) is 0.892. The van der Waals surface area contributed by atoms with Crippen LogP contribution < -0.4 is 10.2 Å². The summed E-state index contributed by atoms with van der Waals surface area (Å²) < 4.78 is 0. The normalized spacial score (nSPS) is 22.1. The third-order valence-corrected chi connectivity index (χ3v) is 3.51. The van der Waals surface area contributed by atoms with Crippen LogP contribution >= 0.6 is 0 Å². The summed E-state index contributed by atoms with van der Waals surface area (Å²) in [6.45, 7) is 9.23. The van der Waals surface area contributed by atoms with E-state index in [0.717, 1.165) is 5.56 Å². The Morgan fingerprint density at radius 3 is 2.50 bits per heavy atom. The van der Waals surface area contributed by atoms with Crippen LogP contribution in [0.4, 0.5) is 5.69 Å². The molecule has 1 fully saturated rings. The molecule has 1 unspecified atom stereocenters. The fourth-order valence-electron chi connectivity index (χ4n) is 2.53. The van der Waals surface area contributed by atoms with Gasteiger partial charge in [-0.2, -0.15) is 0 Å². The van der Waals surface area contributed by atoms with E-state index in [1.54, 1.807) is 31.1 Å². The third kappa shape index (κ3) is 2.40. The lowest BCUT2D eigenvalue weighted by molar-refractivity contribution is -0.138. The number of carbonyl (C=O) groups is 2. The van der Waals surface area contributed by atoms with Gasteiger partial charge < -0.3 is 5.32 Å². The van der Waals surface area contributed by atoms with Gasteiger partial charge in [-0.3, -0.25) is 19.5 Å². The molecule has 5 nitrogen and oxygen atoms in total. The van der Waals surface area contributed by atoms with Crippen LogP contribution in [-0.2, 0) is 9.59 Å². The third-order valence-electron chi connectivity index (χ3n) is 3.51. The Morgan fingerprint density at radius 1 is 1.30 bits per heavy atom. The summed E-state index contributed by atoms with van der Waals surface area (Å²) in [7, 11) is 0. The number of pyridine rings is 1. The van der Waals surface area contributed by atoms with Crippen LogP contribution in [0.1, 0.15) is 33.3 Å². The van der Waals surface area contributed by atoms with Gasteiger partial charge in [0.25, 0.3) is 5.91 Å². The smallest absolute Gasteiger partial charge is 0.252 e. The lowest BCUT2D eigenvalue weighted by atomic mass is 9.91. The van der Waals surface area contributed by atoms with E-state index in [1.165, 1.54) is 0 Å². The van der Waals surface area contributed by atoms with Gasteiger partial charge in [0.2, 0.25) is 5.91 Å². The van der Waals surface area contributed by atoms with Crippen molar-refractivity contribution in [2.45, 2.75) is 46.2 Å². The van der Waals surface area contributed by atoms with Crippen LogP contribution in [0.2, 0.25) is 0 Å². The molecule has 1 saturated heterocycles. The molecule has 1 atom stereocenters. The van der Waals surface area contributed by atoms with Gasteiger partial charge in [-0.15, -0.1) is 0 Å². The lowest BCUT2D eigenvalue weighted by Gasteiger charge is -2.44. The van der Waals surface area contributed by atoms with E-state index >= 15 is 0 Å². The van der Waals surface area contributed by atoms with Crippen molar-refractivity contribution in [1.82, 2.24) is 10.3 Å². The number of carbonyl (C=O) groups excluding carboxylic acids is 2. The van der Waals surface area contributed by atoms with E-state index in [2.05, 4.69) is 10.3 Å². The van der Waals surface area contributed by atoms with Crippen molar-refractivity contribution >= 4 is 17.5 Å². The predicted molar refractivity (Wildman–Crippen MR) is 77.3 cm³/mol. The van der Waals surface area contributed by atoms with Crippen molar-refractivity contribution in [2.24, 2.45) is 5.92 Å². The second-order valence-corrected chi connectivity index (χ2v) is 6.20. The molecule has 20 heavy (non-hydrogen) atoms. The molecule has 0 spiro atoms. The monoisotopic (exact) mass is 275 g/mol. The maximum atomic E-state index is 12.7. The van der Waals surface area contributed by atoms with E-state index in [1.807, 2.05) is 26.8 Å². The van der Waals surface area contributed by atoms with Crippen molar-refractivity contribution in [3.8, 4) is 0 Å². The number of hydrogen-bond acceptors (Lipinski definition) is 3. The summed E-state index contributed by atoms with van der Waals surface area (Å²) >= 11 is 0. The summed E-state index contributed by atoms with van der Waals surface area (Å²) in [4.78, 5) is 30.8. The Kier molecular flexibility index (Phi) is 3.54. The average molecular weight is 275 g/mol. The fraction of sp³-hybridized carbons (Fsp3) is 0.533. The molecule has 1 aromatic rings. The maximum absolute atomic E-state index is 12.7. The number of nitrogens with zero attached hydrogens (tertiary/aromatic N) is 2. The fourth-order valence-corrected chi connectivity index (χ4v) is 2.53. The minimum absolute atomic E-state index is 0.0237. The van der Waals surface area contributed by atoms with Crippen LogP contribution in [0.25, 0.3) is 0 Å². The zero-order valence-electron chi connectivity index (χ0n) is 12.6. The second kappa shape index (κ2) is 4.89. The highest BCUT2D eigenvalue weighted by atomic mass is 16.2. The van der Waals surface area contributed by atoms with E-state index < -0.39 is 11.6 Å². The SMILES string of the molecule is Cc1cncc(N2C(=O)C(C)(C)NC(=O)C2C(C)C)c1. The van der Waals surface area contributed by atoms with Crippen LogP contribution in [0.15, 0.2) is 18.5 Å². The van der Waals surface area contributed by atoms with Gasteiger partial charge in [0.15, 0.2) is 0 Å². The standard InChI is InChI=1S/C15H21N3O2/c1-9(2)12-13(19)17-15(4,5)14(20)18(12)11-6-10(3)7-16-8-11/h6-9,12H,1-5H3,(H,17,19).